The molecule has 0 aliphatic heterocycles. The molecule has 3 heteroatoms. The van der Waals surface area contributed by atoms with Gasteiger partial charge in [-0.2, -0.15) is 0 Å². The molecule has 0 aromatic rings. The molecule has 0 aliphatic carbocycles. The Labute approximate surface area is 59.1 Å². The molecule has 50 valence electrons. The highest BCUT2D eigenvalue weighted by Gasteiger charge is 1.97. The Bertz CT molecular complexity index is 88.2. The van der Waals surface area contributed by atoms with Crippen molar-refractivity contribution in [3.8, 4) is 5.97 Å². The van der Waals surface area contributed by atoms with Crippen molar-refractivity contribution in [1.82, 2.24) is 0 Å². The van der Waals surface area contributed by atoms with Crippen molar-refractivity contribution in [3.63, 3.8) is 0 Å². The van der Waals surface area contributed by atoms with E-state index in [2.05, 4.69) is 35.9 Å². The van der Waals surface area contributed by atoms with Gasteiger partial charge in [0.05, 0.1) is 27.7 Å². The van der Waals surface area contributed by atoms with Crippen LogP contribution in [0.1, 0.15) is 6.92 Å². The summed E-state index contributed by atoms with van der Waals surface area (Å²) < 4.78 is 1.07. The Morgan fingerprint density at radius 3 is 1.56 bits per heavy atom. The minimum absolute atomic E-state index is 1.07. The third-order valence-electron chi connectivity index (χ3n) is 0.949. The van der Waals surface area contributed by atoms with Crippen molar-refractivity contribution in [3.05, 3.63) is 0 Å². The lowest BCUT2D eigenvalue weighted by molar-refractivity contribution is -0.868. The number of hydrogen-bond donors (Lipinski definition) is 0. The first kappa shape index (κ1) is 11.3. The van der Waals surface area contributed by atoms with Gasteiger partial charge in [-0.25, -0.2) is 5.26 Å². The molecule has 9 heavy (non-hydrogen) atoms. The predicted molar refractivity (Wildman–Crippen MR) is 39.9 cm³/mol. The number of quaternary nitrogens is 1. The van der Waals surface area contributed by atoms with E-state index in [0.29, 0.717) is 0 Å². The van der Waals surface area contributed by atoms with Crippen molar-refractivity contribution in [2.45, 2.75) is 6.92 Å². The van der Waals surface area contributed by atoms with Gasteiger partial charge in [-0.3, -0.25) is 0 Å². The summed E-state index contributed by atoms with van der Waals surface area (Å²) in [7, 11) is 10.7. The standard InChI is InChI=1S/C5H14N.CBN/c1-5-6(2,3)4;2-1-3/h5H2,1-4H3;/q+1;. The second-order valence-corrected chi connectivity index (χ2v) is 2.74. The normalized spacial score (nSPS) is 8.78. The van der Waals surface area contributed by atoms with E-state index in [-0.39, 0.29) is 0 Å². The summed E-state index contributed by atoms with van der Waals surface area (Å²) in [5.41, 5.74) is 0. The maximum Gasteiger partial charge on any atom is 0.229 e. The predicted octanol–water partition coefficient (Wildman–Crippen LogP) is 0.348. The van der Waals surface area contributed by atoms with Gasteiger partial charge in [-0.05, 0) is 12.9 Å². The van der Waals surface area contributed by atoms with Crippen LogP contribution in [0.25, 0.3) is 0 Å². The molecule has 0 rings (SSSR count). The van der Waals surface area contributed by atoms with Gasteiger partial charge >= 0.3 is 0 Å². The maximum absolute atomic E-state index is 7.10. The van der Waals surface area contributed by atoms with E-state index >= 15 is 0 Å². The molecule has 0 aromatic heterocycles. The molecule has 0 spiro atoms. The topological polar surface area (TPSA) is 23.8 Å². The Kier molecular flexibility index (Phi) is 7.11. The van der Waals surface area contributed by atoms with E-state index in [4.69, 9.17) is 5.26 Å². The molecule has 0 aliphatic rings. The van der Waals surface area contributed by atoms with Crippen LogP contribution < -0.4 is 0 Å². The van der Waals surface area contributed by atoms with Crippen LogP contribution in [0.4, 0.5) is 0 Å². The van der Waals surface area contributed by atoms with Crippen molar-refractivity contribution in [2.75, 3.05) is 27.7 Å². The Hall–Kier alpha value is -0.485. The van der Waals surface area contributed by atoms with Gasteiger partial charge in [0.2, 0.25) is 7.85 Å². The molecule has 2 radical (unpaired) electrons. The van der Waals surface area contributed by atoms with E-state index in [0.717, 1.165) is 4.48 Å². The number of rotatable bonds is 1. The lowest BCUT2D eigenvalue weighted by Crippen LogP contribution is -2.33. The molecule has 0 heterocycles. The lowest BCUT2D eigenvalue weighted by Gasteiger charge is -2.20. The summed E-state index contributed by atoms with van der Waals surface area (Å²) in [6.45, 7) is 3.39. The zero-order valence-electron chi connectivity index (χ0n) is 6.68. The van der Waals surface area contributed by atoms with E-state index in [1.54, 1.807) is 0 Å². The molecule has 0 saturated heterocycles. The molecule has 0 fully saturated rings. The summed E-state index contributed by atoms with van der Waals surface area (Å²) in [6.07, 6.45) is 0. The van der Waals surface area contributed by atoms with Crippen LogP contribution in [0.3, 0.4) is 0 Å². The van der Waals surface area contributed by atoms with Crippen LogP contribution in [0, 0.1) is 11.2 Å². The summed E-state index contributed by atoms with van der Waals surface area (Å²) in [5, 5.41) is 7.10. The van der Waals surface area contributed by atoms with E-state index in [1.165, 1.54) is 12.5 Å². The van der Waals surface area contributed by atoms with Crippen molar-refractivity contribution < 1.29 is 4.48 Å². The van der Waals surface area contributed by atoms with Gasteiger partial charge < -0.3 is 4.48 Å². The van der Waals surface area contributed by atoms with Gasteiger partial charge in [0, 0.05) is 0 Å². The smallest absolute Gasteiger partial charge is 0.229 e. The second-order valence-electron chi connectivity index (χ2n) is 2.74. The Morgan fingerprint density at radius 2 is 1.56 bits per heavy atom. The molecule has 0 N–H and O–H groups in total. The zero-order chi connectivity index (χ0) is 7.91. The largest absolute Gasteiger partial charge is 0.331 e. The number of nitriles is 1. The minimum atomic E-state index is 1.07. The van der Waals surface area contributed by atoms with Gasteiger partial charge in [-0.1, -0.05) is 0 Å². The Morgan fingerprint density at radius 1 is 1.44 bits per heavy atom. The highest BCUT2D eigenvalue weighted by atomic mass is 15.3. The highest BCUT2D eigenvalue weighted by Crippen LogP contribution is 1.83. The fraction of sp³-hybridized carbons (Fsp3) is 0.833. The monoisotopic (exact) mass is 125 g/mol. The van der Waals surface area contributed by atoms with Gasteiger partial charge in [0.1, 0.15) is 0 Å². The first-order valence-electron chi connectivity index (χ1n) is 2.88. The molecule has 0 bridgehead atoms. The van der Waals surface area contributed by atoms with E-state index < -0.39 is 0 Å². The molecular formula is C6H14BN2+. The third kappa shape index (κ3) is 36.1. The molecule has 0 aromatic carbocycles. The maximum atomic E-state index is 7.10. The lowest BCUT2D eigenvalue weighted by atomic mass is 10.2. The quantitative estimate of drug-likeness (QED) is 0.366. The van der Waals surface area contributed by atoms with Gasteiger partial charge in [0.25, 0.3) is 0 Å². The van der Waals surface area contributed by atoms with Gasteiger partial charge in [0.15, 0.2) is 0 Å². The average molecular weight is 125 g/mol. The van der Waals surface area contributed by atoms with Crippen LogP contribution in [0.2, 0.25) is 0 Å². The summed E-state index contributed by atoms with van der Waals surface area (Å²) in [6, 6.07) is 0. The van der Waals surface area contributed by atoms with Gasteiger partial charge in [-0.15, -0.1) is 0 Å². The van der Waals surface area contributed by atoms with Crippen LogP contribution in [-0.2, 0) is 0 Å². The average Bonchev–Trinajstić information content (AvgIpc) is 1.67. The summed E-state index contributed by atoms with van der Waals surface area (Å²) in [4.78, 5) is 0. The molecular weight excluding hydrogens is 111 g/mol. The molecule has 0 saturated carbocycles. The molecule has 0 unspecified atom stereocenters. The number of hydrogen-bond acceptors (Lipinski definition) is 1. The summed E-state index contributed by atoms with van der Waals surface area (Å²) >= 11 is 0. The number of nitrogens with zero attached hydrogens (tertiary/aromatic N) is 2. The summed E-state index contributed by atoms with van der Waals surface area (Å²) in [5.74, 6) is 1.25. The van der Waals surface area contributed by atoms with E-state index in [9.17, 15) is 0 Å². The Balaban J connectivity index is 0. The van der Waals surface area contributed by atoms with Crippen molar-refractivity contribution in [1.29, 1.82) is 5.26 Å². The third-order valence-corrected chi connectivity index (χ3v) is 0.949. The van der Waals surface area contributed by atoms with Crippen LogP contribution >= 0.6 is 0 Å². The van der Waals surface area contributed by atoms with Crippen LogP contribution in [0.15, 0.2) is 0 Å². The minimum Gasteiger partial charge on any atom is -0.331 e. The molecule has 0 atom stereocenters. The van der Waals surface area contributed by atoms with Crippen LogP contribution in [0.5, 0.6) is 0 Å². The van der Waals surface area contributed by atoms with E-state index in [1.807, 2.05) is 0 Å². The fourth-order valence-electron chi connectivity index (χ4n) is 0. The van der Waals surface area contributed by atoms with Crippen LogP contribution in [-0.4, -0.2) is 40.0 Å². The fourth-order valence-corrected chi connectivity index (χ4v) is 0. The molecule has 2 nitrogen and oxygen atoms in total. The molecule has 0 amide bonds. The zero-order valence-corrected chi connectivity index (χ0v) is 6.68. The highest BCUT2D eigenvalue weighted by molar-refractivity contribution is 6.20. The van der Waals surface area contributed by atoms with Crippen molar-refractivity contribution in [2.24, 2.45) is 0 Å². The first-order valence-corrected chi connectivity index (χ1v) is 2.88. The van der Waals surface area contributed by atoms with Crippen molar-refractivity contribution >= 4 is 7.85 Å². The SMILES string of the molecule is CC[N+](C)(C)C.[B]C#N. The second kappa shape index (κ2) is 5.65. The first-order chi connectivity index (χ1) is 3.97.